The number of nitrogens with one attached hydrogen (secondary N) is 1. The Kier molecular flexibility index (Phi) is 4.88. The summed E-state index contributed by atoms with van der Waals surface area (Å²) in [7, 11) is 3.01. The number of aromatic nitrogens is 2. The molecule has 0 aliphatic carbocycles. The van der Waals surface area contributed by atoms with Crippen molar-refractivity contribution < 1.29 is 14.3 Å². The lowest BCUT2D eigenvalue weighted by Gasteiger charge is -2.16. The molecule has 1 N–H and O–H groups in total. The molecule has 1 rings (SSSR count). The Balaban J connectivity index is 2.52. The van der Waals surface area contributed by atoms with E-state index in [0.29, 0.717) is 13.0 Å². The van der Waals surface area contributed by atoms with Gasteiger partial charge in [-0.2, -0.15) is 5.10 Å². The van der Waals surface area contributed by atoms with E-state index in [1.54, 1.807) is 7.05 Å². The second-order valence-electron chi connectivity index (χ2n) is 4.23. The third-order valence-corrected chi connectivity index (χ3v) is 2.91. The molecule has 0 saturated carbocycles. The van der Waals surface area contributed by atoms with E-state index in [4.69, 9.17) is 0 Å². The van der Waals surface area contributed by atoms with Gasteiger partial charge in [0.05, 0.1) is 25.6 Å². The van der Waals surface area contributed by atoms with E-state index in [-0.39, 0.29) is 18.3 Å². The van der Waals surface area contributed by atoms with Crippen molar-refractivity contribution in [2.45, 2.75) is 26.7 Å². The van der Waals surface area contributed by atoms with Gasteiger partial charge in [-0.15, -0.1) is 0 Å². The van der Waals surface area contributed by atoms with Crippen LogP contribution in [0.2, 0.25) is 0 Å². The quantitative estimate of drug-likeness (QED) is 0.779. The predicted molar refractivity (Wildman–Crippen MR) is 66.0 cm³/mol. The number of carbonyl (C=O) groups excluding carboxylic acids is 2. The Morgan fingerprint density at radius 2 is 2.06 bits per heavy atom. The van der Waals surface area contributed by atoms with E-state index < -0.39 is 0 Å². The number of carbonyl (C=O) groups is 2. The van der Waals surface area contributed by atoms with Gasteiger partial charge in [0.25, 0.3) is 0 Å². The average Bonchev–Trinajstić information content (AvgIpc) is 2.66. The summed E-state index contributed by atoms with van der Waals surface area (Å²) in [6.07, 6.45) is 0.508. The predicted octanol–water partition coefficient (Wildman–Crippen LogP) is 0.591. The number of amides is 1. The molecule has 0 bridgehead atoms. The number of H-pyrrole nitrogens is 1. The first-order valence-electron chi connectivity index (χ1n) is 5.77. The zero-order valence-electron chi connectivity index (χ0n) is 11.2. The molecule has 1 amide bonds. The molecular formula is C12H19N3O3. The first kappa shape index (κ1) is 14.2. The summed E-state index contributed by atoms with van der Waals surface area (Å²) >= 11 is 0. The number of esters is 1. The number of hydrogen-bond acceptors (Lipinski definition) is 4. The Morgan fingerprint density at radius 1 is 1.39 bits per heavy atom. The molecule has 1 aromatic rings. The number of aryl methyl sites for hydroxylation is 2. The smallest absolute Gasteiger partial charge is 0.307 e. The van der Waals surface area contributed by atoms with Gasteiger partial charge in [-0.25, -0.2) is 0 Å². The lowest BCUT2D eigenvalue weighted by atomic mass is 10.1. The van der Waals surface area contributed by atoms with Crippen molar-refractivity contribution in [3.8, 4) is 0 Å². The van der Waals surface area contributed by atoms with Crippen molar-refractivity contribution in [2.75, 3.05) is 20.7 Å². The number of rotatable bonds is 5. The molecule has 0 unspecified atom stereocenters. The second kappa shape index (κ2) is 6.18. The fourth-order valence-electron chi connectivity index (χ4n) is 1.61. The molecular weight excluding hydrogens is 234 g/mol. The van der Waals surface area contributed by atoms with Crippen molar-refractivity contribution in [3.05, 3.63) is 17.0 Å². The van der Waals surface area contributed by atoms with Gasteiger partial charge < -0.3 is 9.64 Å². The third-order valence-electron chi connectivity index (χ3n) is 2.91. The van der Waals surface area contributed by atoms with E-state index in [9.17, 15) is 9.59 Å². The molecule has 100 valence electrons. The summed E-state index contributed by atoms with van der Waals surface area (Å²) in [6, 6.07) is 0. The van der Waals surface area contributed by atoms with Gasteiger partial charge in [0.15, 0.2) is 0 Å². The normalized spacial score (nSPS) is 10.2. The summed E-state index contributed by atoms with van der Waals surface area (Å²) in [4.78, 5) is 24.5. The fourth-order valence-corrected chi connectivity index (χ4v) is 1.61. The largest absolute Gasteiger partial charge is 0.469 e. The number of hydrogen-bond donors (Lipinski definition) is 1. The molecule has 6 heteroatoms. The second-order valence-corrected chi connectivity index (χ2v) is 4.23. The molecule has 6 nitrogen and oxygen atoms in total. The maximum absolute atomic E-state index is 11.9. The van der Waals surface area contributed by atoms with Gasteiger partial charge in [0, 0.05) is 24.8 Å². The Bertz CT molecular complexity index is 420. The minimum absolute atomic E-state index is 0.0356. The minimum atomic E-state index is -0.315. The highest BCUT2D eigenvalue weighted by atomic mass is 16.5. The monoisotopic (exact) mass is 253 g/mol. The van der Waals surface area contributed by atoms with Crippen LogP contribution in [0.4, 0.5) is 0 Å². The standard InChI is InChI=1S/C12H19N3O3/c1-8-10(9(2)14-13-8)7-11(16)15(3)6-5-12(17)18-4/h5-7H2,1-4H3,(H,13,14). The minimum Gasteiger partial charge on any atom is -0.469 e. The Morgan fingerprint density at radius 3 is 2.56 bits per heavy atom. The SMILES string of the molecule is COC(=O)CCN(C)C(=O)Cc1c(C)n[nH]c1C. The van der Waals surface area contributed by atoms with Crippen molar-refractivity contribution in [2.24, 2.45) is 0 Å². The number of methoxy groups -OCH3 is 1. The highest BCUT2D eigenvalue weighted by Gasteiger charge is 2.15. The summed E-state index contributed by atoms with van der Waals surface area (Å²) in [5.41, 5.74) is 2.66. The fraction of sp³-hybridized carbons (Fsp3) is 0.583. The van der Waals surface area contributed by atoms with Crippen LogP contribution >= 0.6 is 0 Å². The molecule has 1 aromatic heterocycles. The van der Waals surface area contributed by atoms with Crippen LogP contribution in [-0.4, -0.2) is 47.7 Å². The summed E-state index contributed by atoms with van der Waals surface area (Å²) in [5, 5.41) is 6.89. The van der Waals surface area contributed by atoms with E-state index in [0.717, 1.165) is 17.0 Å². The van der Waals surface area contributed by atoms with Crippen LogP contribution < -0.4 is 0 Å². The highest BCUT2D eigenvalue weighted by Crippen LogP contribution is 2.11. The van der Waals surface area contributed by atoms with Crippen LogP contribution in [-0.2, 0) is 20.7 Å². The molecule has 0 fully saturated rings. The van der Waals surface area contributed by atoms with Crippen molar-refractivity contribution >= 4 is 11.9 Å². The van der Waals surface area contributed by atoms with Crippen LogP contribution in [0.15, 0.2) is 0 Å². The van der Waals surface area contributed by atoms with E-state index in [1.165, 1.54) is 12.0 Å². The topological polar surface area (TPSA) is 75.3 Å². The van der Waals surface area contributed by atoms with Crippen LogP contribution in [0.25, 0.3) is 0 Å². The van der Waals surface area contributed by atoms with E-state index in [2.05, 4.69) is 14.9 Å². The molecule has 0 radical (unpaired) electrons. The zero-order valence-corrected chi connectivity index (χ0v) is 11.2. The van der Waals surface area contributed by atoms with Gasteiger partial charge >= 0.3 is 5.97 Å². The average molecular weight is 253 g/mol. The van der Waals surface area contributed by atoms with Crippen LogP contribution in [0.3, 0.4) is 0 Å². The van der Waals surface area contributed by atoms with E-state index >= 15 is 0 Å². The van der Waals surface area contributed by atoms with Crippen LogP contribution in [0.1, 0.15) is 23.4 Å². The van der Waals surface area contributed by atoms with Gasteiger partial charge in [0.1, 0.15) is 0 Å². The van der Waals surface area contributed by atoms with Gasteiger partial charge in [-0.1, -0.05) is 0 Å². The van der Waals surface area contributed by atoms with Gasteiger partial charge in [0.2, 0.25) is 5.91 Å². The lowest BCUT2D eigenvalue weighted by molar-refractivity contribution is -0.141. The summed E-state index contributed by atoms with van der Waals surface area (Å²) in [5.74, 6) is -0.350. The molecule has 0 aromatic carbocycles. The molecule has 0 aliphatic rings. The number of aromatic amines is 1. The van der Waals surface area contributed by atoms with Crippen LogP contribution in [0.5, 0.6) is 0 Å². The van der Waals surface area contributed by atoms with Crippen molar-refractivity contribution in [1.29, 1.82) is 0 Å². The molecule has 0 atom stereocenters. The molecule has 1 heterocycles. The summed E-state index contributed by atoms with van der Waals surface area (Å²) < 4.78 is 4.53. The molecule has 0 spiro atoms. The number of likely N-dealkylation sites (N-methyl/N-ethyl adjacent to an activating group) is 1. The summed E-state index contributed by atoms with van der Waals surface area (Å²) in [6.45, 7) is 4.11. The zero-order chi connectivity index (χ0) is 13.7. The van der Waals surface area contributed by atoms with Crippen molar-refractivity contribution in [1.82, 2.24) is 15.1 Å². The molecule has 0 aliphatic heterocycles. The maximum atomic E-state index is 11.9. The number of ether oxygens (including phenoxy) is 1. The third kappa shape index (κ3) is 3.58. The van der Waals surface area contributed by atoms with Gasteiger partial charge in [-0.05, 0) is 13.8 Å². The first-order valence-corrected chi connectivity index (χ1v) is 5.77. The Labute approximate surface area is 106 Å². The molecule has 18 heavy (non-hydrogen) atoms. The van der Waals surface area contributed by atoms with E-state index in [1.807, 2.05) is 13.8 Å². The molecule has 0 saturated heterocycles. The first-order chi connectivity index (χ1) is 8.45. The highest BCUT2D eigenvalue weighted by molar-refractivity contribution is 5.79. The lowest BCUT2D eigenvalue weighted by Crippen LogP contribution is -2.30. The van der Waals surface area contributed by atoms with Crippen molar-refractivity contribution in [3.63, 3.8) is 0 Å². The van der Waals surface area contributed by atoms with Gasteiger partial charge in [-0.3, -0.25) is 14.7 Å². The maximum Gasteiger partial charge on any atom is 0.307 e. The number of nitrogens with zero attached hydrogens (tertiary/aromatic N) is 2. The van der Waals surface area contributed by atoms with Crippen LogP contribution in [0, 0.1) is 13.8 Å². The Hall–Kier alpha value is -1.85.